The van der Waals surface area contributed by atoms with Gasteiger partial charge in [-0.3, -0.25) is 4.79 Å². The van der Waals surface area contributed by atoms with Crippen molar-refractivity contribution < 1.29 is 14.3 Å². The lowest BCUT2D eigenvalue weighted by atomic mass is 9.87. The first kappa shape index (κ1) is 14.4. The number of benzene rings is 1. The average Bonchev–Trinajstić information content (AvgIpc) is 2.82. The Morgan fingerprint density at radius 2 is 2.24 bits per heavy atom. The second-order valence-corrected chi connectivity index (χ2v) is 5.65. The molecule has 0 aliphatic carbocycles. The zero-order chi connectivity index (χ0) is 14.8. The fraction of sp³-hybridized carbons (Fsp3) is 0.562. The highest BCUT2D eigenvalue weighted by molar-refractivity contribution is 5.97. The van der Waals surface area contributed by atoms with E-state index in [-0.39, 0.29) is 18.1 Å². The Hall–Kier alpha value is -1.59. The molecule has 1 amide bonds. The van der Waals surface area contributed by atoms with Gasteiger partial charge in [0.25, 0.3) is 5.91 Å². The highest BCUT2D eigenvalue weighted by Crippen LogP contribution is 2.35. The number of hydrogen-bond acceptors (Lipinski definition) is 4. The first-order chi connectivity index (χ1) is 10.2. The summed E-state index contributed by atoms with van der Waals surface area (Å²) in [4.78, 5) is 12.1. The summed E-state index contributed by atoms with van der Waals surface area (Å²) < 4.78 is 11.3. The molecule has 21 heavy (non-hydrogen) atoms. The Kier molecular flexibility index (Phi) is 4.12. The number of rotatable bonds is 3. The predicted molar refractivity (Wildman–Crippen MR) is 79.6 cm³/mol. The topological polar surface area (TPSA) is 59.6 Å². The van der Waals surface area contributed by atoms with Crippen molar-refractivity contribution in [3.05, 3.63) is 29.3 Å². The lowest BCUT2D eigenvalue weighted by molar-refractivity contribution is 0.0955. The molecule has 114 valence electrons. The van der Waals surface area contributed by atoms with Crippen molar-refractivity contribution in [1.29, 1.82) is 0 Å². The van der Waals surface area contributed by atoms with Crippen molar-refractivity contribution in [3.8, 4) is 5.75 Å². The third kappa shape index (κ3) is 2.76. The maximum Gasteiger partial charge on any atom is 0.255 e. The largest absolute Gasteiger partial charge is 0.491 e. The van der Waals surface area contributed by atoms with E-state index in [9.17, 15) is 4.79 Å². The lowest BCUT2D eigenvalue weighted by Crippen LogP contribution is -2.30. The normalized spacial score (nSPS) is 26.5. The van der Waals surface area contributed by atoms with Crippen molar-refractivity contribution in [1.82, 2.24) is 10.6 Å². The summed E-state index contributed by atoms with van der Waals surface area (Å²) in [6, 6.07) is 6.08. The molecule has 3 atom stereocenters. The Morgan fingerprint density at radius 1 is 1.38 bits per heavy atom. The zero-order valence-corrected chi connectivity index (χ0v) is 12.5. The third-order valence-electron chi connectivity index (χ3n) is 4.43. The van der Waals surface area contributed by atoms with Crippen LogP contribution < -0.4 is 15.4 Å². The monoisotopic (exact) mass is 290 g/mol. The van der Waals surface area contributed by atoms with Gasteiger partial charge in [-0.25, -0.2) is 0 Å². The molecule has 1 aromatic rings. The van der Waals surface area contributed by atoms with Gasteiger partial charge in [0.15, 0.2) is 0 Å². The molecule has 2 N–H and O–H groups in total. The Bertz CT molecular complexity index is 532. The molecular formula is C16H22N2O3. The number of ether oxygens (including phenoxy) is 2. The van der Waals surface area contributed by atoms with Gasteiger partial charge in [-0.05, 0) is 38.1 Å². The quantitative estimate of drug-likeness (QED) is 0.885. The van der Waals surface area contributed by atoms with Gasteiger partial charge in [0, 0.05) is 18.6 Å². The van der Waals surface area contributed by atoms with Gasteiger partial charge in [0.05, 0.1) is 18.2 Å². The number of carbonyl (C=O) groups excluding carboxylic acids is 1. The summed E-state index contributed by atoms with van der Waals surface area (Å²) in [5.74, 6) is 1.03. The smallest absolute Gasteiger partial charge is 0.255 e. The maximum atomic E-state index is 12.1. The van der Waals surface area contributed by atoms with Gasteiger partial charge in [0.1, 0.15) is 12.4 Å². The molecule has 1 saturated heterocycles. The van der Waals surface area contributed by atoms with Crippen LogP contribution in [0.4, 0.5) is 0 Å². The van der Waals surface area contributed by atoms with Gasteiger partial charge in [-0.15, -0.1) is 0 Å². The SMILES string of the molecule is CNC(c1ccc2c(c1)C(=O)NCCO2)C1CCOC1C. The fourth-order valence-electron chi connectivity index (χ4n) is 3.28. The van der Waals surface area contributed by atoms with Crippen molar-refractivity contribution in [2.24, 2.45) is 5.92 Å². The number of nitrogens with one attached hydrogen (secondary N) is 2. The molecule has 0 saturated carbocycles. The highest BCUT2D eigenvalue weighted by Gasteiger charge is 2.32. The van der Waals surface area contributed by atoms with Crippen LogP contribution in [0.2, 0.25) is 0 Å². The van der Waals surface area contributed by atoms with Gasteiger partial charge < -0.3 is 20.1 Å². The molecule has 2 aliphatic heterocycles. The van der Waals surface area contributed by atoms with E-state index < -0.39 is 0 Å². The lowest BCUT2D eigenvalue weighted by Gasteiger charge is -2.26. The molecule has 5 heteroatoms. The Labute approximate surface area is 125 Å². The van der Waals surface area contributed by atoms with Crippen LogP contribution >= 0.6 is 0 Å². The second-order valence-electron chi connectivity index (χ2n) is 5.65. The van der Waals surface area contributed by atoms with Crippen LogP contribution in [0.3, 0.4) is 0 Å². The minimum absolute atomic E-state index is 0.0603. The summed E-state index contributed by atoms with van der Waals surface area (Å²) in [6.07, 6.45) is 1.26. The van der Waals surface area contributed by atoms with Crippen molar-refractivity contribution in [2.75, 3.05) is 26.8 Å². The summed E-state index contributed by atoms with van der Waals surface area (Å²) in [6.45, 7) is 3.98. The number of hydrogen-bond donors (Lipinski definition) is 2. The van der Waals surface area contributed by atoms with E-state index in [4.69, 9.17) is 9.47 Å². The maximum absolute atomic E-state index is 12.1. The van der Waals surface area contributed by atoms with E-state index in [1.807, 2.05) is 25.2 Å². The molecule has 1 fully saturated rings. The molecule has 2 heterocycles. The molecule has 3 rings (SSSR count). The van der Waals surface area contributed by atoms with Crippen LogP contribution in [0.5, 0.6) is 5.75 Å². The number of amides is 1. The summed E-state index contributed by atoms with van der Waals surface area (Å²) in [5, 5.41) is 6.23. The van der Waals surface area contributed by atoms with E-state index in [1.54, 1.807) is 0 Å². The molecule has 0 spiro atoms. The molecule has 2 aliphatic rings. The third-order valence-corrected chi connectivity index (χ3v) is 4.43. The summed E-state index contributed by atoms with van der Waals surface area (Å²) in [7, 11) is 1.96. The standard InChI is InChI=1S/C16H22N2O3/c1-10-12(5-7-20-10)15(17-2)11-3-4-14-13(9-11)16(19)18-6-8-21-14/h3-4,9-10,12,15,17H,5-8H2,1-2H3,(H,18,19). The second kappa shape index (κ2) is 6.03. The van der Waals surface area contributed by atoms with Crippen LogP contribution in [-0.4, -0.2) is 38.8 Å². The van der Waals surface area contributed by atoms with Crippen LogP contribution in [0, 0.1) is 5.92 Å². The van der Waals surface area contributed by atoms with E-state index in [2.05, 4.69) is 17.6 Å². The first-order valence-corrected chi connectivity index (χ1v) is 7.54. The van der Waals surface area contributed by atoms with E-state index in [0.29, 0.717) is 30.4 Å². The molecule has 3 unspecified atom stereocenters. The van der Waals surface area contributed by atoms with Crippen LogP contribution in [0.1, 0.15) is 35.3 Å². The van der Waals surface area contributed by atoms with E-state index in [0.717, 1.165) is 18.6 Å². The first-order valence-electron chi connectivity index (χ1n) is 7.54. The van der Waals surface area contributed by atoms with Crippen LogP contribution in [0.15, 0.2) is 18.2 Å². The van der Waals surface area contributed by atoms with Crippen molar-refractivity contribution >= 4 is 5.91 Å². The Balaban J connectivity index is 1.92. The number of fused-ring (bicyclic) bond motifs is 1. The summed E-state index contributed by atoms with van der Waals surface area (Å²) >= 11 is 0. The van der Waals surface area contributed by atoms with Crippen molar-refractivity contribution in [2.45, 2.75) is 25.5 Å². The zero-order valence-electron chi connectivity index (χ0n) is 12.5. The molecule has 0 bridgehead atoms. The fourth-order valence-corrected chi connectivity index (χ4v) is 3.28. The minimum Gasteiger partial charge on any atom is -0.491 e. The molecular weight excluding hydrogens is 268 g/mol. The van der Waals surface area contributed by atoms with Gasteiger partial charge >= 0.3 is 0 Å². The van der Waals surface area contributed by atoms with E-state index in [1.165, 1.54) is 0 Å². The van der Waals surface area contributed by atoms with Crippen molar-refractivity contribution in [3.63, 3.8) is 0 Å². The molecule has 1 aromatic carbocycles. The van der Waals surface area contributed by atoms with Gasteiger partial charge in [0.2, 0.25) is 0 Å². The Morgan fingerprint density at radius 3 is 2.95 bits per heavy atom. The number of carbonyl (C=O) groups is 1. The van der Waals surface area contributed by atoms with Gasteiger partial charge in [-0.1, -0.05) is 6.07 Å². The van der Waals surface area contributed by atoms with E-state index >= 15 is 0 Å². The average molecular weight is 290 g/mol. The molecule has 5 nitrogen and oxygen atoms in total. The highest BCUT2D eigenvalue weighted by atomic mass is 16.5. The minimum atomic E-state index is -0.0603. The van der Waals surface area contributed by atoms with Crippen LogP contribution in [-0.2, 0) is 4.74 Å². The molecule has 0 radical (unpaired) electrons. The molecule has 0 aromatic heterocycles. The predicted octanol–water partition coefficient (Wildman–Crippen LogP) is 1.49. The summed E-state index contributed by atoms with van der Waals surface area (Å²) in [5.41, 5.74) is 1.73. The van der Waals surface area contributed by atoms with Crippen LogP contribution in [0.25, 0.3) is 0 Å². The van der Waals surface area contributed by atoms with Gasteiger partial charge in [-0.2, -0.15) is 0 Å².